The van der Waals surface area contributed by atoms with E-state index in [4.69, 9.17) is 4.74 Å². The number of ether oxygens (including phenoxy) is 1. The normalized spacial score (nSPS) is 24.4. The maximum Gasteiger partial charge on any atom is 0.0509 e. The second-order valence-electron chi connectivity index (χ2n) is 4.73. The average molecular weight is 214 g/mol. The van der Waals surface area contributed by atoms with E-state index in [9.17, 15) is 0 Å². The number of rotatable bonds is 6. The van der Waals surface area contributed by atoms with Crippen LogP contribution in [-0.2, 0) is 4.74 Å². The summed E-state index contributed by atoms with van der Waals surface area (Å²) in [6.07, 6.45) is 3.79. The van der Waals surface area contributed by atoms with Crippen LogP contribution in [0.25, 0.3) is 0 Å². The molecule has 1 N–H and O–H groups in total. The summed E-state index contributed by atoms with van der Waals surface area (Å²) in [4.78, 5) is 2.26. The van der Waals surface area contributed by atoms with Gasteiger partial charge in [0.15, 0.2) is 0 Å². The van der Waals surface area contributed by atoms with Crippen LogP contribution in [0.5, 0.6) is 0 Å². The molecule has 1 aliphatic heterocycles. The van der Waals surface area contributed by atoms with Crippen molar-refractivity contribution in [2.24, 2.45) is 5.92 Å². The lowest BCUT2D eigenvalue weighted by molar-refractivity contribution is 0.0371. The van der Waals surface area contributed by atoms with Crippen LogP contribution in [0.2, 0.25) is 0 Å². The molecule has 1 fully saturated rings. The first-order valence-corrected chi connectivity index (χ1v) is 6.20. The van der Waals surface area contributed by atoms with Gasteiger partial charge < -0.3 is 15.0 Å². The standard InChI is InChI=1S/C12H26N2O/c1-4-13-12(7-8-14(2)3)11-6-5-9-15-10-11/h11-13H,4-10H2,1-3H3. The lowest BCUT2D eigenvalue weighted by atomic mass is 9.91. The van der Waals surface area contributed by atoms with Crippen molar-refractivity contribution in [3.05, 3.63) is 0 Å². The van der Waals surface area contributed by atoms with Gasteiger partial charge in [-0.25, -0.2) is 0 Å². The van der Waals surface area contributed by atoms with Gasteiger partial charge in [-0.2, -0.15) is 0 Å². The van der Waals surface area contributed by atoms with Crippen molar-refractivity contribution in [2.75, 3.05) is 40.4 Å². The molecule has 0 spiro atoms. The molecule has 1 aliphatic rings. The summed E-state index contributed by atoms with van der Waals surface area (Å²) < 4.78 is 5.56. The lowest BCUT2D eigenvalue weighted by Gasteiger charge is -2.31. The van der Waals surface area contributed by atoms with Gasteiger partial charge in [-0.3, -0.25) is 0 Å². The molecule has 0 aromatic carbocycles. The molecule has 0 aliphatic carbocycles. The monoisotopic (exact) mass is 214 g/mol. The highest BCUT2D eigenvalue weighted by Gasteiger charge is 2.23. The molecule has 2 unspecified atom stereocenters. The van der Waals surface area contributed by atoms with E-state index in [2.05, 4.69) is 31.2 Å². The van der Waals surface area contributed by atoms with E-state index >= 15 is 0 Å². The Morgan fingerprint density at radius 1 is 1.47 bits per heavy atom. The van der Waals surface area contributed by atoms with E-state index in [1.54, 1.807) is 0 Å². The second kappa shape index (κ2) is 7.20. The fraction of sp³-hybridized carbons (Fsp3) is 1.00. The van der Waals surface area contributed by atoms with Gasteiger partial charge in [-0.15, -0.1) is 0 Å². The van der Waals surface area contributed by atoms with Gasteiger partial charge in [-0.1, -0.05) is 6.92 Å². The van der Waals surface area contributed by atoms with Crippen LogP contribution in [0, 0.1) is 5.92 Å². The van der Waals surface area contributed by atoms with Gasteiger partial charge in [0.25, 0.3) is 0 Å². The van der Waals surface area contributed by atoms with Gasteiger partial charge in [0.1, 0.15) is 0 Å². The maximum atomic E-state index is 5.56. The molecular formula is C12H26N2O. The molecule has 3 nitrogen and oxygen atoms in total. The van der Waals surface area contributed by atoms with Crippen molar-refractivity contribution in [2.45, 2.75) is 32.2 Å². The average Bonchev–Trinajstić information content (AvgIpc) is 2.25. The van der Waals surface area contributed by atoms with Crippen LogP contribution >= 0.6 is 0 Å². The molecule has 3 heteroatoms. The Morgan fingerprint density at radius 2 is 2.27 bits per heavy atom. The molecule has 15 heavy (non-hydrogen) atoms. The van der Waals surface area contributed by atoms with Crippen LogP contribution in [0.1, 0.15) is 26.2 Å². The Bertz CT molecular complexity index is 156. The molecule has 0 saturated carbocycles. The molecule has 0 bridgehead atoms. The molecule has 90 valence electrons. The summed E-state index contributed by atoms with van der Waals surface area (Å²) in [6, 6.07) is 0.637. The summed E-state index contributed by atoms with van der Waals surface area (Å²) >= 11 is 0. The first-order chi connectivity index (χ1) is 7.24. The number of hydrogen-bond donors (Lipinski definition) is 1. The Morgan fingerprint density at radius 3 is 2.80 bits per heavy atom. The molecule has 0 radical (unpaired) electrons. The van der Waals surface area contributed by atoms with E-state index < -0.39 is 0 Å². The van der Waals surface area contributed by atoms with Gasteiger partial charge >= 0.3 is 0 Å². The van der Waals surface area contributed by atoms with Crippen LogP contribution in [0.15, 0.2) is 0 Å². The zero-order valence-corrected chi connectivity index (χ0v) is 10.5. The third-order valence-corrected chi connectivity index (χ3v) is 3.12. The fourth-order valence-electron chi connectivity index (χ4n) is 2.25. The minimum atomic E-state index is 0.637. The lowest BCUT2D eigenvalue weighted by Crippen LogP contribution is -2.41. The Kier molecular flexibility index (Phi) is 6.22. The molecule has 2 atom stereocenters. The van der Waals surface area contributed by atoms with Crippen molar-refractivity contribution < 1.29 is 4.74 Å². The zero-order valence-electron chi connectivity index (χ0n) is 10.5. The molecule has 0 aromatic heterocycles. The smallest absolute Gasteiger partial charge is 0.0509 e. The van der Waals surface area contributed by atoms with Gasteiger partial charge in [0, 0.05) is 12.6 Å². The van der Waals surface area contributed by atoms with Crippen molar-refractivity contribution in [1.29, 1.82) is 0 Å². The summed E-state index contributed by atoms with van der Waals surface area (Å²) in [5.74, 6) is 0.721. The minimum Gasteiger partial charge on any atom is -0.381 e. The number of hydrogen-bond acceptors (Lipinski definition) is 3. The second-order valence-corrected chi connectivity index (χ2v) is 4.73. The summed E-state index contributed by atoms with van der Waals surface area (Å²) in [6.45, 7) is 6.32. The van der Waals surface area contributed by atoms with Crippen molar-refractivity contribution >= 4 is 0 Å². The van der Waals surface area contributed by atoms with E-state index in [0.717, 1.165) is 32.2 Å². The molecule has 0 amide bonds. The fourth-order valence-corrected chi connectivity index (χ4v) is 2.25. The van der Waals surface area contributed by atoms with E-state index in [1.807, 2.05) is 0 Å². The van der Waals surface area contributed by atoms with Gasteiger partial charge in [-0.05, 0) is 52.4 Å². The Balaban J connectivity index is 2.33. The maximum absolute atomic E-state index is 5.56. The van der Waals surface area contributed by atoms with Crippen LogP contribution in [0.4, 0.5) is 0 Å². The molecule has 1 heterocycles. The van der Waals surface area contributed by atoms with E-state index in [0.29, 0.717) is 6.04 Å². The molecule has 0 aromatic rings. The van der Waals surface area contributed by atoms with Crippen LogP contribution in [-0.4, -0.2) is 51.3 Å². The molecular weight excluding hydrogens is 188 g/mol. The summed E-state index contributed by atoms with van der Waals surface area (Å²) in [5.41, 5.74) is 0. The van der Waals surface area contributed by atoms with E-state index in [-0.39, 0.29) is 0 Å². The number of nitrogens with one attached hydrogen (secondary N) is 1. The van der Waals surface area contributed by atoms with Gasteiger partial charge in [0.2, 0.25) is 0 Å². The largest absolute Gasteiger partial charge is 0.381 e. The highest BCUT2D eigenvalue weighted by Crippen LogP contribution is 2.19. The van der Waals surface area contributed by atoms with Crippen molar-refractivity contribution in [1.82, 2.24) is 10.2 Å². The molecule has 1 rings (SSSR count). The predicted molar refractivity (Wildman–Crippen MR) is 64.2 cm³/mol. The predicted octanol–water partition coefficient (Wildman–Crippen LogP) is 1.34. The highest BCUT2D eigenvalue weighted by atomic mass is 16.5. The minimum absolute atomic E-state index is 0.637. The molecule has 1 saturated heterocycles. The third kappa shape index (κ3) is 4.96. The van der Waals surface area contributed by atoms with E-state index in [1.165, 1.54) is 19.3 Å². The quantitative estimate of drug-likeness (QED) is 0.722. The van der Waals surface area contributed by atoms with Crippen LogP contribution in [0.3, 0.4) is 0 Å². The highest BCUT2D eigenvalue weighted by molar-refractivity contribution is 4.78. The topological polar surface area (TPSA) is 24.5 Å². The Hall–Kier alpha value is -0.120. The summed E-state index contributed by atoms with van der Waals surface area (Å²) in [7, 11) is 4.28. The van der Waals surface area contributed by atoms with Gasteiger partial charge in [0.05, 0.1) is 6.61 Å². The van der Waals surface area contributed by atoms with Crippen molar-refractivity contribution in [3.63, 3.8) is 0 Å². The zero-order chi connectivity index (χ0) is 11.1. The number of nitrogens with zero attached hydrogens (tertiary/aromatic N) is 1. The SMILES string of the molecule is CCNC(CCN(C)C)C1CCCOC1. The Labute approximate surface area is 94.2 Å². The first kappa shape index (κ1) is 12.9. The van der Waals surface area contributed by atoms with Crippen LogP contribution < -0.4 is 5.32 Å². The third-order valence-electron chi connectivity index (χ3n) is 3.12. The van der Waals surface area contributed by atoms with Crippen molar-refractivity contribution in [3.8, 4) is 0 Å². The summed E-state index contributed by atoms with van der Waals surface area (Å²) in [5, 5.41) is 3.60. The first-order valence-electron chi connectivity index (χ1n) is 6.20.